The molecule has 3 rings (SSSR count). The Kier molecular flexibility index (Phi) is 4.20. The molecular weight excluding hydrogens is 264 g/mol. The molecule has 1 saturated carbocycles. The molecule has 0 amide bonds. The van der Waals surface area contributed by atoms with E-state index in [1.54, 1.807) is 6.33 Å². The Morgan fingerprint density at radius 2 is 1.95 bits per heavy atom. The van der Waals surface area contributed by atoms with Gasteiger partial charge in [-0.15, -0.1) is 10.2 Å². The Morgan fingerprint density at radius 1 is 1.19 bits per heavy atom. The molecule has 1 aliphatic carbocycles. The summed E-state index contributed by atoms with van der Waals surface area (Å²) in [7, 11) is 3.78. The van der Waals surface area contributed by atoms with Gasteiger partial charge in [-0.2, -0.15) is 0 Å². The first-order valence-corrected chi connectivity index (χ1v) is 7.50. The van der Waals surface area contributed by atoms with Crippen LogP contribution in [0.25, 0.3) is 11.4 Å². The third-order valence-corrected chi connectivity index (χ3v) is 4.25. The molecule has 0 aliphatic heterocycles. The van der Waals surface area contributed by atoms with E-state index in [1.165, 1.54) is 0 Å². The maximum Gasteiger partial charge on any atom is 0.165 e. The van der Waals surface area contributed by atoms with Crippen LogP contribution in [0.5, 0.6) is 0 Å². The Labute approximate surface area is 125 Å². The molecule has 112 valence electrons. The number of nitrogens with one attached hydrogen (secondary N) is 1. The SMILES string of the molecule is COC1CCC(Nc2ccccc2-c2nncn2C)CC1. The number of aromatic nitrogens is 3. The number of benzene rings is 1. The average molecular weight is 286 g/mol. The van der Waals surface area contributed by atoms with E-state index in [0.29, 0.717) is 12.1 Å². The number of nitrogens with zero attached hydrogens (tertiary/aromatic N) is 3. The highest BCUT2D eigenvalue weighted by atomic mass is 16.5. The minimum atomic E-state index is 0.428. The molecule has 0 atom stereocenters. The van der Waals surface area contributed by atoms with Gasteiger partial charge in [0.2, 0.25) is 0 Å². The van der Waals surface area contributed by atoms with E-state index in [2.05, 4.69) is 33.7 Å². The Balaban J connectivity index is 1.76. The number of anilines is 1. The van der Waals surface area contributed by atoms with Gasteiger partial charge in [-0.1, -0.05) is 12.1 Å². The van der Waals surface area contributed by atoms with Gasteiger partial charge in [0, 0.05) is 31.5 Å². The lowest BCUT2D eigenvalue weighted by Crippen LogP contribution is -2.29. The van der Waals surface area contributed by atoms with E-state index in [9.17, 15) is 0 Å². The van der Waals surface area contributed by atoms with Crippen LogP contribution in [0.15, 0.2) is 30.6 Å². The van der Waals surface area contributed by atoms with Crippen LogP contribution in [-0.4, -0.2) is 34.0 Å². The fraction of sp³-hybridized carbons (Fsp3) is 0.500. The van der Waals surface area contributed by atoms with Crippen LogP contribution in [0.4, 0.5) is 5.69 Å². The minimum absolute atomic E-state index is 0.428. The van der Waals surface area contributed by atoms with Gasteiger partial charge in [0.05, 0.1) is 6.10 Å². The quantitative estimate of drug-likeness (QED) is 0.939. The van der Waals surface area contributed by atoms with Crippen molar-refractivity contribution in [1.82, 2.24) is 14.8 Å². The van der Waals surface area contributed by atoms with E-state index in [-0.39, 0.29) is 0 Å². The van der Waals surface area contributed by atoms with Crippen molar-refractivity contribution < 1.29 is 4.74 Å². The molecule has 1 aromatic carbocycles. The predicted molar refractivity (Wildman–Crippen MR) is 83.1 cm³/mol. The average Bonchev–Trinajstić information content (AvgIpc) is 2.95. The molecule has 1 aromatic heterocycles. The van der Waals surface area contributed by atoms with Crippen LogP contribution >= 0.6 is 0 Å². The minimum Gasteiger partial charge on any atom is -0.382 e. The lowest BCUT2D eigenvalue weighted by Gasteiger charge is -2.29. The third kappa shape index (κ3) is 3.08. The molecule has 1 fully saturated rings. The molecule has 1 N–H and O–H groups in total. The van der Waals surface area contributed by atoms with Crippen molar-refractivity contribution in [2.75, 3.05) is 12.4 Å². The van der Waals surface area contributed by atoms with E-state index in [4.69, 9.17) is 4.74 Å². The molecule has 2 aromatic rings. The molecule has 0 spiro atoms. The Bertz CT molecular complexity index is 587. The summed E-state index contributed by atoms with van der Waals surface area (Å²) in [5.74, 6) is 0.892. The zero-order valence-corrected chi connectivity index (χ0v) is 12.6. The van der Waals surface area contributed by atoms with Crippen molar-refractivity contribution in [3.63, 3.8) is 0 Å². The van der Waals surface area contributed by atoms with Crippen molar-refractivity contribution in [1.29, 1.82) is 0 Å². The first-order valence-electron chi connectivity index (χ1n) is 7.50. The zero-order valence-electron chi connectivity index (χ0n) is 12.6. The molecule has 1 aliphatic rings. The summed E-state index contributed by atoms with van der Waals surface area (Å²) in [5.41, 5.74) is 2.24. The van der Waals surface area contributed by atoms with E-state index < -0.39 is 0 Å². The summed E-state index contributed by atoms with van der Waals surface area (Å²) in [5, 5.41) is 11.9. The second-order valence-corrected chi connectivity index (χ2v) is 5.66. The summed E-state index contributed by atoms with van der Waals surface area (Å²) in [6.45, 7) is 0. The second kappa shape index (κ2) is 6.26. The normalized spacial score (nSPS) is 22.2. The van der Waals surface area contributed by atoms with Crippen molar-refractivity contribution in [2.45, 2.75) is 37.8 Å². The maximum atomic E-state index is 5.44. The highest BCUT2D eigenvalue weighted by Gasteiger charge is 2.21. The molecular formula is C16H22N4O. The summed E-state index contributed by atoms with van der Waals surface area (Å²) in [6.07, 6.45) is 6.70. The first-order chi connectivity index (χ1) is 10.3. The van der Waals surface area contributed by atoms with Crippen LogP contribution in [0.2, 0.25) is 0 Å². The molecule has 5 nitrogen and oxygen atoms in total. The summed E-state index contributed by atoms with van der Waals surface area (Å²) < 4.78 is 7.39. The number of ether oxygens (including phenoxy) is 1. The molecule has 5 heteroatoms. The smallest absolute Gasteiger partial charge is 0.165 e. The van der Waals surface area contributed by atoms with Crippen molar-refractivity contribution in [3.05, 3.63) is 30.6 Å². The highest BCUT2D eigenvalue weighted by molar-refractivity contribution is 5.73. The van der Waals surface area contributed by atoms with Crippen LogP contribution in [-0.2, 0) is 11.8 Å². The van der Waals surface area contributed by atoms with Crippen molar-refractivity contribution in [3.8, 4) is 11.4 Å². The Morgan fingerprint density at radius 3 is 2.62 bits per heavy atom. The van der Waals surface area contributed by atoms with E-state index in [1.807, 2.05) is 24.8 Å². The second-order valence-electron chi connectivity index (χ2n) is 5.66. The van der Waals surface area contributed by atoms with Gasteiger partial charge >= 0.3 is 0 Å². The van der Waals surface area contributed by atoms with E-state index in [0.717, 1.165) is 42.8 Å². The number of rotatable bonds is 4. The number of hydrogen-bond acceptors (Lipinski definition) is 4. The zero-order chi connectivity index (χ0) is 14.7. The van der Waals surface area contributed by atoms with Crippen LogP contribution in [0.3, 0.4) is 0 Å². The number of hydrogen-bond donors (Lipinski definition) is 1. The maximum absolute atomic E-state index is 5.44. The van der Waals surface area contributed by atoms with Crippen molar-refractivity contribution in [2.24, 2.45) is 7.05 Å². The molecule has 1 heterocycles. The largest absolute Gasteiger partial charge is 0.382 e. The fourth-order valence-corrected chi connectivity index (χ4v) is 2.99. The monoisotopic (exact) mass is 286 g/mol. The van der Waals surface area contributed by atoms with E-state index >= 15 is 0 Å². The van der Waals surface area contributed by atoms with Gasteiger partial charge < -0.3 is 14.6 Å². The molecule has 0 saturated heterocycles. The summed E-state index contributed by atoms with van der Waals surface area (Å²) in [4.78, 5) is 0. The molecule has 0 radical (unpaired) electrons. The molecule has 0 unspecified atom stereocenters. The lowest BCUT2D eigenvalue weighted by molar-refractivity contribution is 0.0682. The van der Waals surface area contributed by atoms with Gasteiger partial charge in [-0.3, -0.25) is 0 Å². The van der Waals surface area contributed by atoms with Crippen molar-refractivity contribution >= 4 is 5.69 Å². The third-order valence-electron chi connectivity index (χ3n) is 4.25. The van der Waals surface area contributed by atoms with Crippen LogP contribution in [0, 0.1) is 0 Å². The lowest BCUT2D eigenvalue weighted by atomic mass is 9.92. The van der Waals surface area contributed by atoms with Gasteiger partial charge in [0.25, 0.3) is 0 Å². The molecule has 21 heavy (non-hydrogen) atoms. The number of aryl methyl sites for hydroxylation is 1. The van der Waals surface area contributed by atoms with Gasteiger partial charge in [0.15, 0.2) is 5.82 Å². The predicted octanol–water partition coefficient (Wildman–Crippen LogP) is 2.85. The number of methoxy groups -OCH3 is 1. The standard InChI is InChI=1S/C16H22N4O/c1-20-11-17-19-16(20)14-5-3-4-6-15(14)18-12-7-9-13(21-2)10-8-12/h3-6,11-13,18H,7-10H2,1-2H3. The number of para-hydroxylation sites is 1. The molecule has 0 bridgehead atoms. The summed E-state index contributed by atoms with van der Waals surface area (Å²) in [6, 6.07) is 8.81. The first kappa shape index (κ1) is 14.1. The van der Waals surface area contributed by atoms with Gasteiger partial charge in [-0.25, -0.2) is 0 Å². The van der Waals surface area contributed by atoms with Crippen LogP contribution in [0.1, 0.15) is 25.7 Å². The Hall–Kier alpha value is -1.88. The van der Waals surface area contributed by atoms with Crippen LogP contribution < -0.4 is 5.32 Å². The highest BCUT2D eigenvalue weighted by Crippen LogP contribution is 2.29. The van der Waals surface area contributed by atoms with Gasteiger partial charge in [-0.05, 0) is 37.8 Å². The van der Waals surface area contributed by atoms with Gasteiger partial charge in [0.1, 0.15) is 6.33 Å². The fourth-order valence-electron chi connectivity index (χ4n) is 2.99. The summed E-state index contributed by atoms with van der Waals surface area (Å²) >= 11 is 0. The topological polar surface area (TPSA) is 52.0 Å².